The Morgan fingerprint density at radius 1 is 1.44 bits per heavy atom. The third-order valence-electron chi connectivity index (χ3n) is 2.45. The lowest BCUT2D eigenvalue weighted by Gasteiger charge is -2.18. The van der Waals surface area contributed by atoms with Crippen LogP contribution in [0, 0.1) is 5.92 Å². The van der Waals surface area contributed by atoms with Gasteiger partial charge in [-0.05, 0) is 30.5 Å². The molecule has 5 heteroatoms. The molecule has 1 aromatic carbocycles. The van der Waals surface area contributed by atoms with Gasteiger partial charge in [0.1, 0.15) is 0 Å². The second-order valence-electron chi connectivity index (χ2n) is 4.58. The van der Waals surface area contributed by atoms with Gasteiger partial charge in [0.25, 0.3) is 5.91 Å². The van der Waals surface area contributed by atoms with Crippen LogP contribution in [0.3, 0.4) is 0 Å². The maximum atomic E-state index is 12.1. The van der Waals surface area contributed by atoms with Crippen LogP contribution in [-0.4, -0.2) is 17.3 Å². The number of nitrogens with one attached hydrogen (secondary N) is 1. The molecule has 0 radical (unpaired) electrons. The minimum absolute atomic E-state index is 0.122. The summed E-state index contributed by atoms with van der Waals surface area (Å²) in [6, 6.07) is 5.38. The van der Waals surface area contributed by atoms with Crippen LogP contribution in [0.5, 0.6) is 0 Å². The standard InChI is InChI=1S/C13H16Br2ClNO/c1-8(2)5-10(7-14)17-13(18)11-4-3-9(15)6-12(11)16/h3-4,6,8,10H,5,7H2,1-2H3,(H,17,18). The first-order valence-electron chi connectivity index (χ1n) is 5.76. The molecule has 0 saturated carbocycles. The Kier molecular flexibility index (Phi) is 6.67. The fraction of sp³-hybridized carbons (Fsp3) is 0.462. The third kappa shape index (κ3) is 4.90. The van der Waals surface area contributed by atoms with Crippen molar-refractivity contribution in [1.82, 2.24) is 5.32 Å². The monoisotopic (exact) mass is 395 g/mol. The maximum absolute atomic E-state index is 12.1. The molecule has 0 bridgehead atoms. The topological polar surface area (TPSA) is 29.1 Å². The van der Waals surface area contributed by atoms with Crippen molar-refractivity contribution in [2.24, 2.45) is 5.92 Å². The SMILES string of the molecule is CC(C)CC(CBr)NC(=O)c1ccc(Br)cc1Cl. The number of benzene rings is 1. The molecular formula is C13H16Br2ClNO. The largest absolute Gasteiger partial charge is 0.348 e. The van der Waals surface area contributed by atoms with Crippen molar-refractivity contribution < 1.29 is 4.79 Å². The lowest BCUT2D eigenvalue weighted by Crippen LogP contribution is -2.37. The molecular weight excluding hydrogens is 381 g/mol. The molecule has 0 fully saturated rings. The van der Waals surface area contributed by atoms with Crippen molar-refractivity contribution in [3.8, 4) is 0 Å². The molecule has 1 aromatic rings. The van der Waals surface area contributed by atoms with Crippen LogP contribution in [0.4, 0.5) is 0 Å². The van der Waals surface area contributed by atoms with Crippen molar-refractivity contribution >= 4 is 49.4 Å². The van der Waals surface area contributed by atoms with Gasteiger partial charge >= 0.3 is 0 Å². The molecule has 0 aliphatic carbocycles. The summed E-state index contributed by atoms with van der Waals surface area (Å²) in [5, 5.41) is 4.19. The first-order chi connectivity index (χ1) is 8.43. The van der Waals surface area contributed by atoms with E-state index in [0.717, 1.165) is 16.2 Å². The zero-order valence-electron chi connectivity index (χ0n) is 10.3. The summed E-state index contributed by atoms with van der Waals surface area (Å²) < 4.78 is 0.864. The average Bonchev–Trinajstić information content (AvgIpc) is 2.27. The van der Waals surface area contributed by atoms with Crippen molar-refractivity contribution in [3.05, 3.63) is 33.3 Å². The highest BCUT2D eigenvalue weighted by Crippen LogP contribution is 2.21. The van der Waals surface area contributed by atoms with E-state index >= 15 is 0 Å². The van der Waals surface area contributed by atoms with Gasteiger partial charge in [-0.25, -0.2) is 0 Å². The summed E-state index contributed by atoms with van der Waals surface area (Å²) in [5.41, 5.74) is 0.509. The predicted molar refractivity (Wildman–Crippen MR) is 83.7 cm³/mol. The number of halogens is 3. The van der Waals surface area contributed by atoms with Crippen LogP contribution >= 0.6 is 43.5 Å². The van der Waals surface area contributed by atoms with Gasteiger partial charge < -0.3 is 5.32 Å². The van der Waals surface area contributed by atoms with Crippen molar-refractivity contribution in [1.29, 1.82) is 0 Å². The van der Waals surface area contributed by atoms with Gasteiger partial charge in [0, 0.05) is 15.8 Å². The second kappa shape index (κ2) is 7.51. The van der Waals surface area contributed by atoms with Crippen LogP contribution in [0.2, 0.25) is 5.02 Å². The Balaban J connectivity index is 2.74. The number of rotatable bonds is 5. The van der Waals surface area contributed by atoms with Crippen molar-refractivity contribution in [3.63, 3.8) is 0 Å². The first-order valence-corrected chi connectivity index (χ1v) is 8.05. The lowest BCUT2D eigenvalue weighted by atomic mass is 10.0. The molecule has 1 atom stereocenters. The molecule has 0 saturated heterocycles. The second-order valence-corrected chi connectivity index (χ2v) is 6.55. The molecule has 0 aliphatic heterocycles. The van der Waals surface area contributed by atoms with E-state index in [2.05, 4.69) is 51.0 Å². The maximum Gasteiger partial charge on any atom is 0.253 e. The summed E-state index contributed by atoms with van der Waals surface area (Å²) in [4.78, 5) is 12.1. The molecule has 1 unspecified atom stereocenters. The third-order valence-corrected chi connectivity index (χ3v) is 4.04. The number of hydrogen-bond acceptors (Lipinski definition) is 1. The highest BCUT2D eigenvalue weighted by atomic mass is 79.9. The summed E-state index contributed by atoms with van der Waals surface area (Å²) in [5.74, 6) is 0.408. The highest BCUT2D eigenvalue weighted by Gasteiger charge is 2.16. The molecule has 0 aliphatic rings. The molecule has 0 aromatic heterocycles. The Morgan fingerprint density at radius 3 is 2.61 bits per heavy atom. The zero-order chi connectivity index (χ0) is 13.7. The summed E-state index contributed by atoms with van der Waals surface area (Å²) in [6.07, 6.45) is 0.936. The van der Waals surface area contributed by atoms with Gasteiger partial charge in [0.15, 0.2) is 0 Å². The molecule has 1 amide bonds. The van der Waals surface area contributed by atoms with Crippen LogP contribution < -0.4 is 5.32 Å². The zero-order valence-corrected chi connectivity index (χ0v) is 14.3. The van der Waals surface area contributed by atoms with E-state index in [1.807, 2.05) is 6.07 Å². The van der Waals surface area contributed by atoms with E-state index in [0.29, 0.717) is 16.5 Å². The summed E-state index contributed by atoms with van der Waals surface area (Å²) in [6.45, 7) is 4.27. The minimum atomic E-state index is -0.127. The summed E-state index contributed by atoms with van der Waals surface area (Å²) in [7, 11) is 0. The van der Waals surface area contributed by atoms with E-state index in [9.17, 15) is 4.79 Å². The molecule has 2 nitrogen and oxygen atoms in total. The Bertz CT molecular complexity index is 423. The highest BCUT2D eigenvalue weighted by molar-refractivity contribution is 9.10. The smallest absolute Gasteiger partial charge is 0.253 e. The van der Waals surface area contributed by atoms with Gasteiger partial charge in [-0.15, -0.1) is 0 Å². The molecule has 1 rings (SSSR count). The van der Waals surface area contributed by atoms with Gasteiger partial charge in [0.05, 0.1) is 10.6 Å². The van der Waals surface area contributed by atoms with Crippen molar-refractivity contribution in [2.45, 2.75) is 26.3 Å². The molecule has 18 heavy (non-hydrogen) atoms. The Hall–Kier alpha value is -0.0600. The van der Waals surface area contributed by atoms with E-state index in [1.165, 1.54) is 0 Å². The van der Waals surface area contributed by atoms with Gasteiger partial charge in [-0.3, -0.25) is 4.79 Å². The minimum Gasteiger partial charge on any atom is -0.348 e. The van der Waals surface area contributed by atoms with Crippen molar-refractivity contribution in [2.75, 3.05) is 5.33 Å². The predicted octanol–water partition coefficient (Wildman–Crippen LogP) is 4.64. The van der Waals surface area contributed by atoms with Crippen LogP contribution in [0.15, 0.2) is 22.7 Å². The molecule has 0 heterocycles. The van der Waals surface area contributed by atoms with Crippen LogP contribution in [0.1, 0.15) is 30.6 Å². The fourth-order valence-electron chi connectivity index (χ4n) is 1.67. The Labute approximate surface area is 130 Å². The molecule has 100 valence electrons. The normalized spacial score (nSPS) is 12.6. The number of amides is 1. The number of hydrogen-bond donors (Lipinski definition) is 1. The fourth-order valence-corrected chi connectivity index (χ4v) is 2.85. The Morgan fingerprint density at radius 2 is 2.11 bits per heavy atom. The number of carbonyl (C=O) groups is 1. The molecule has 1 N–H and O–H groups in total. The average molecular weight is 398 g/mol. The number of alkyl halides is 1. The van der Waals surface area contributed by atoms with Gasteiger partial charge in [0.2, 0.25) is 0 Å². The van der Waals surface area contributed by atoms with E-state index in [1.54, 1.807) is 12.1 Å². The van der Waals surface area contributed by atoms with E-state index in [-0.39, 0.29) is 11.9 Å². The number of carbonyl (C=O) groups excluding carboxylic acids is 1. The van der Waals surface area contributed by atoms with E-state index < -0.39 is 0 Å². The van der Waals surface area contributed by atoms with Crippen LogP contribution in [0.25, 0.3) is 0 Å². The van der Waals surface area contributed by atoms with E-state index in [4.69, 9.17) is 11.6 Å². The quantitative estimate of drug-likeness (QED) is 0.721. The van der Waals surface area contributed by atoms with Crippen LogP contribution in [-0.2, 0) is 0 Å². The van der Waals surface area contributed by atoms with Gasteiger partial charge in [-0.2, -0.15) is 0 Å². The molecule has 0 spiro atoms. The lowest BCUT2D eigenvalue weighted by molar-refractivity contribution is 0.0937. The first kappa shape index (κ1) is 16.0. The summed E-state index contributed by atoms with van der Waals surface area (Å²) >= 11 is 12.8. The van der Waals surface area contributed by atoms with Gasteiger partial charge in [-0.1, -0.05) is 57.3 Å².